The van der Waals surface area contributed by atoms with Gasteiger partial charge in [0.25, 0.3) is 0 Å². The Kier molecular flexibility index (Phi) is 5.11. The van der Waals surface area contributed by atoms with E-state index in [-0.39, 0.29) is 0 Å². The Hall–Kier alpha value is -5.38. The molecule has 5 nitrogen and oxygen atoms in total. The Balaban J connectivity index is 1.38. The molecule has 6 heteroatoms. The van der Waals surface area contributed by atoms with Crippen LogP contribution in [0.1, 0.15) is 0 Å². The number of imidazole rings is 2. The van der Waals surface area contributed by atoms with Gasteiger partial charge in [-0.15, -0.1) is 0 Å². The fourth-order valence-corrected chi connectivity index (χ4v) is 9.15. The van der Waals surface area contributed by atoms with Gasteiger partial charge in [0.2, 0.25) is 5.78 Å². The second-order valence-corrected chi connectivity index (χ2v) is 13.5. The average molecular weight is 574 g/mol. The molecule has 3 heterocycles. The van der Waals surface area contributed by atoms with Gasteiger partial charge in [-0.05, 0) is 42.5 Å². The summed E-state index contributed by atoms with van der Waals surface area (Å²) in [5, 5.41) is 4.51. The lowest BCUT2D eigenvalue weighted by atomic mass is 10.1. The van der Waals surface area contributed by atoms with Crippen LogP contribution in [0.5, 0.6) is 0 Å². The third-order valence-electron chi connectivity index (χ3n) is 8.40. The number of rotatable bonds is 4. The van der Waals surface area contributed by atoms with Crippen LogP contribution in [-0.4, -0.2) is 14.0 Å². The molecule has 0 aliphatic rings. The van der Waals surface area contributed by atoms with E-state index in [0.29, 0.717) is 0 Å². The van der Waals surface area contributed by atoms with E-state index in [2.05, 4.69) is 45.4 Å². The van der Waals surface area contributed by atoms with E-state index in [1.54, 1.807) is 0 Å². The van der Waals surface area contributed by atoms with Gasteiger partial charge in [0, 0.05) is 32.4 Å². The molecule has 0 amide bonds. The van der Waals surface area contributed by atoms with E-state index in [9.17, 15) is 0 Å². The summed E-state index contributed by atoms with van der Waals surface area (Å²) in [4.78, 5) is 5.11. The van der Waals surface area contributed by atoms with Gasteiger partial charge in [-0.3, -0.25) is 8.97 Å². The highest BCUT2D eigenvalue weighted by Crippen LogP contribution is 2.43. The highest BCUT2D eigenvalue weighted by atomic mass is 31.2. The summed E-state index contributed by atoms with van der Waals surface area (Å²) in [6.45, 7) is 0. The van der Waals surface area contributed by atoms with Crippen molar-refractivity contribution in [1.82, 2.24) is 14.0 Å². The zero-order valence-electron chi connectivity index (χ0n) is 23.0. The molecule has 0 aliphatic carbocycles. The molecule has 0 radical (unpaired) electrons. The second-order valence-electron chi connectivity index (χ2n) is 10.8. The molecule has 6 aromatic carbocycles. The lowest BCUT2D eigenvalue weighted by Gasteiger charge is -2.21. The Morgan fingerprint density at radius 3 is 2.05 bits per heavy atom. The summed E-state index contributed by atoms with van der Waals surface area (Å²) in [6.07, 6.45) is 0. The van der Waals surface area contributed by atoms with Crippen molar-refractivity contribution in [2.24, 2.45) is 0 Å². The summed E-state index contributed by atoms with van der Waals surface area (Å²) in [7, 11) is -3.17. The van der Waals surface area contributed by atoms with Crippen molar-refractivity contribution in [2.45, 2.75) is 0 Å². The largest absolute Gasteiger partial charge is 0.454 e. The van der Waals surface area contributed by atoms with Crippen molar-refractivity contribution < 1.29 is 8.98 Å². The summed E-state index contributed by atoms with van der Waals surface area (Å²) in [5.41, 5.74) is 6.38. The van der Waals surface area contributed by atoms with E-state index in [0.717, 1.165) is 71.4 Å². The van der Waals surface area contributed by atoms with Crippen LogP contribution < -0.4 is 15.9 Å². The monoisotopic (exact) mass is 573 g/mol. The minimum Gasteiger partial charge on any atom is -0.454 e. The van der Waals surface area contributed by atoms with Crippen LogP contribution in [0.4, 0.5) is 0 Å². The van der Waals surface area contributed by atoms with Crippen LogP contribution in [-0.2, 0) is 4.57 Å². The van der Waals surface area contributed by atoms with Gasteiger partial charge >= 0.3 is 0 Å². The smallest absolute Gasteiger partial charge is 0.220 e. The number of aromatic nitrogens is 3. The molecule has 0 fully saturated rings. The van der Waals surface area contributed by atoms with E-state index in [1.807, 2.05) is 109 Å². The van der Waals surface area contributed by atoms with E-state index in [1.165, 1.54) is 0 Å². The molecule has 43 heavy (non-hydrogen) atoms. The van der Waals surface area contributed by atoms with Crippen LogP contribution in [0.25, 0.3) is 55.5 Å². The molecule has 9 rings (SSSR count). The quantitative estimate of drug-likeness (QED) is 0.201. The predicted molar refractivity (Wildman–Crippen MR) is 176 cm³/mol. The molecule has 3 aromatic heterocycles. The number of hydrogen-bond donors (Lipinski definition) is 0. The minimum atomic E-state index is -3.17. The lowest BCUT2D eigenvalue weighted by Crippen LogP contribution is -2.25. The molecule has 0 saturated carbocycles. The van der Waals surface area contributed by atoms with Crippen molar-refractivity contribution in [1.29, 1.82) is 0 Å². The molecule has 0 saturated heterocycles. The second kappa shape index (κ2) is 9.06. The van der Waals surface area contributed by atoms with Gasteiger partial charge in [0.05, 0.1) is 16.6 Å². The number of furan rings is 1. The fraction of sp³-hybridized carbons (Fsp3) is 0. The van der Waals surface area contributed by atoms with Gasteiger partial charge in [0.1, 0.15) is 11.1 Å². The highest BCUT2D eigenvalue weighted by Gasteiger charge is 2.30. The van der Waals surface area contributed by atoms with Gasteiger partial charge in [-0.25, -0.2) is 4.98 Å². The molecule has 0 spiro atoms. The maximum Gasteiger partial charge on any atom is 0.220 e. The summed E-state index contributed by atoms with van der Waals surface area (Å²) < 4.78 is 26.1. The molecule has 0 atom stereocenters. The number of para-hydroxylation sites is 3. The number of hydrogen-bond acceptors (Lipinski definition) is 3. The van der Waals surface area contributed by atoms with E-state index >= 15 is 4.57 Å². The Bertz CT molecular complexity index is 2500. The van der Waals surface area contributed by atoms with Crippen molar-refractivity contribution in [3.8, 4) is 5.69 Å². The van der Waals surface area contributed by atoms with Crippen LogP contribution in [0.2, 0.25) is 0 Å². The van der Waals surface area contributed by atoms with Crippen molar-refractivity contribution in [3.63, 3.8) is 0 Å². The summed E-state index contributed by atoms with van der Waals surface area (Å²) in [6, 6.07) is 48.2. The molecule has 0 N–H and O–H groups in total. The van der Waals surface area contributed by atoms with Gasteiger partial charge < -0.3 is 8.98 Å². The standard InChI is InChI=1S/C37H24N3O2P/c41-43(26-13-3-1-4-14-26,27-15-5-2-6-16-27)28-17-11-12-25(24-28)39-33-23-22-30-29-18-7-10-21-34(29)42-36(30)35(33)40-32-20-9-8-19-31(32)38-37(39)40/h1-24H. The van der Waals surface area contributed by atoms with Gasteiger partial charge in [-0.1, -0.05) is 103 Å². The molecular formula is C37H24N3O2P. The molecule has 9 aromatic rings. The van der Waals surface area contributed by atoms with E-state index < -0.39 is 7.14 Å². The predicted octanol–water partition coefficient (Wildman–Crippen LogP) is 7.97. The Labute approximate surface area is 246 Å². The maximum absolute atomic E-state index is 15.2. The first kappa shape index (κ1) is 24.2. The first-order valence-electron chi connectivity index (χ1n) is 14.3. The zero-order chi connectivity index (χ0) is 28.5. The number of benzene rings is 6. The first-order chi connectivity index (χ1) is 21.2. The van der Waals surface area contributed by atoms with Crippen molar-refractivity contribution in [3.05, 3.63) is 146 Å². The Morgan fingerprint density at radius 1 is 0.581 bits per heavy atom. The zero-order valence-corrected chi connectivity index (χ0v) is 23.9. The Morgan fingerprint density at radius 2 is 1.26 bits per heavy atom. The third kappa shape index (κ3) is 3.40. The number of fused-ring (bicyclic) bond motifs is 9. The van der Waals surface area contributed by atoms with Crippen LogP contribution in [0.15, 0.2) is 150 Å². The molecule has 204 valence electrons. The molecule has 0 unspecified atom stereocenters. The van der Waals surface area contributed by atoms with Crippen molar-refractivity contribution in [2.75, 3.05) is 0 Å². The maximum atomic E-state index is 15.2. The lowest BCUT2D eigenvalue weighted by molar-refractivity contribution is 0.592. The molecule has 0 bridgehead atoms. The van der Waals surface area contributed by atoms with Gasteiger partial charge in [-0.2, -0.15) is 0 Å². The van der Waals surface area contributed by atoms with Crippen LogP contribution in [0, 0.1) is 0 Å². The molecule has 0 aliphatic heterocycles. The first-order valence-corrected chi connectivity index (χ1v) is 16.0. The summed E-state index contributed by atoms with van der Waals surface area (Å²) >= 11 is 0. The topological polar surface area (TPSA) is 52.4 Å². The molecular weight excluding hydrogens is 549 g/mol. The van der Waals surface area contributed by atoms with Gasteiger partial charge in [0.15, 0.2) is 12.7 Å². The normalized spacial score (nSPS) is 12.3. The SMILES string of the molecule is O=P(c1ccccc1)(c1ccccc1)c1cccc(-n2c3ccc4c5ccccc5oc4c3n3c4ccccc4nc23)c1. The summed E-state index contributed by atoms with van der Waals surface area (Å²) in [5.74, 6) is 0.774. The average Bonchev–Trinajstić information content (AvgIpc) is 3.73. The van der Waals surface area contributed by atoms with Crippen LogP contribution in [0.3, 0.4) is 0 Å². The number of nitrogens with zero attached hydrogens (tertiary/aromatic N) is 3. The minimum absolute atomic E-state index is 0.767. The van der Waals surface area contributed by atoms with Crippen LogP contribution >= 0.6 is 7.14 Å². The van der Waals surface area contributed by atoms with Crippen molar-refractivity contribution >= 4 is 72.8 Å². The highest BCUT2D eigenvalue weighted by molar-refractivity contribution is 7.85. The van der Waals surface area contributed by atoms with E-state index in [4.69, 9.17) is 9.40 Å². The fourth-order valence-electron chi connectivity index (χ4n) is 6.46. The third-order valence-corrected chi connectivity index (χ3v) is 11.5.